The van der Waals surface area contributed by atoms with Crippen molar-refractivity contribution in [3.8, 4) is 0 Å². The Hall–Kier alpha value is -2.16. The predicted octanol–water partition coefficient (Wildman–Crippen LogP) is 4.09. The lowest BCUT2D eigenvalue weighted by Gasteiger charge is -2.13. The van der Waals surface area contributed by atoms with E-state index in [0.29, 0.717) is 37.5 Å². The lowest BCUT2D eigenvalue weighted by molar-refractivity contribution is -0.116. The minimum atomic E-state index is -0.191. The van der Waals surface area contributed by atoms with Gasteiger partial charge in [0.25, 0.3) is 0 Å². The highest BCUT2D eigenvalue weighted by atomic mass is 127. The molecule has 0 unspecified atom stereocenters. The number of halogens is 2. The first kappa shape index (κ1) is 23.9. The highest BCUT2D eigenvalue weighted by Gasteiger charge is 2.04. The Bertz CT molecular complexity index is 783. The molecule has 0 aromatic heterocycles. The standard InChI is InChI=1S/C21H27FN4O.HI/c1-3-7-20(27)26-18-10-6-8-16(14-18)15-25-21(23-2)24-13-12-17-9-4-5-11-19(17)22;/h4-6,8-11,14H,3,7,12-13,15H2,1-2H3,(H,26,27)(H2,23,24,25);1H. The van der Waals surface area contributed by atoms with E-state index in [4.69, 9.17) is 0 Å². The van der Waals surface area contributed by atoms with Crippen molar-refractivity contribution in [2.75, 3.05) is 18.9 Å². The molecule has 2 rings (SSSR count). The Morgan fingerprint density at radius 1 is 1.11 bits per heavy atom. The fraction of sp³-hybridized carbons (Fsp3) is 0.333. The molecule has 0 atom stereocenters. The molecule has 2 aromatic rings. The molecular weight excluding hydrogens is 470 g/mol. The van der Waals surface area contributed by atoms with Crippen LogP contribution in [0.2, 0.25) is 0 Å². The molecule has 0 spiro atoms. The van der Waals surface area contributed by atoms with Gasteiger partial charge in [-0.15, -0.1) is 24.0 Å². The molecule has 3 N–H and O–H groups in total. The summed E-state index contributed by atoms with van der Waals surface area (Å²) in [6.45, 7) is 3.12. The topological polar surface area (TPSA) is 65.5 Å². The van der Waals surface area contributed by atoms with Crippen LogP contribution in [0.1, 0.15) is 30.9 Å². The van der Waals surface area contributed by atoms with Crippen LogP contribution in [0.25, 0.3) is 0 Å². The second-order valence-electron chi connectivity index (χ2n) is 6.19. The molecule has 7 heteroatoms. The minimum absolute atomic E-state index is 0. The third-order valence-electron chi connectivity index (χ3n) is 4.02. The number of guanidine groups is 1. The van der Waals surface area contributed by atoms with Gasteiger partial charge in [0.15, 0.2) is 5.96 Å². The number of anilines is 1. The third kappa shape index (κ3) is 8.24. The van der Waals surface area contributed by atoms with Gasteiger partial charge >= 0.3 is 0 Å². The molecule has 2 aromatic carbocycles. The maximum absolute atomic E-state index is 13.6. The lowest BCUT2D eigenvalue weighted by atomic mass is 10.1. The smallest absolute Gasteiger partial charge is 0.224 e. The Morgan fingerprint density at radius 2 is 1.89 bits per heavy atom. The number of benzene rings is 2. The fourth-order valence-corrected chi connectivity index (χ4v) is 2.63. The minimum Gasteiger partial charge on any atom is -0.356 e. The molecular formula is C21H28FIN4O. The van der Waals surface area contributed by atoms with Gasteiger partial charge in [0.1, 0.15) is 5.82 Å². The molecule has 0 fully saturated rings. The number of aliphatic imine (C=N–C) groups is 1. The first-order valence-corrected chi connectivity index (χ1v) is 9.19. The zero-order valence-corrected chi connectivity index (χ0v) is 18.6. The summed E-state index contributed by atoms with van der Waals surface area (Å²) in [4.78, 5) is 15.9. The average molecular weight is 498 g/mol. The maximum Gasteiger partial charge on any atom is 0.224 e. The normalized spacial score (nSPS) is 10.8. The molecule has 152 valence electrons. The number of nitrogens with one attached hydrogen (secondary N) is 3. The largest absolute Gasteiger partial charge is 0.356 e. The van der Waals surface area contributed by atoms with E-state index in [2.05, 4.69) is 20.9 Å². The van der Waals surface area contributed by atoms with E-state index in [1.807, 2.05) is 37.3 Å². The summed E-state index contributed by atoms with van der Waals surface area (Å²) in [5.41, 5.74) is 2.49. The molecule has 0 radical (unpaired) electrons. The molecule has 0 heterocycles. The van der Waals surface area contributed by atoms with E-state index < -0.39 is 0 Å². The van der Waals surface area contributed by atoms with Gasteiger partial charge < -0.3 is 16.0 Å². The zero-order valence-electron chi connectivity index (χ0n) is 16.3. The van der Waals surface area contributed by atoms with Crippen LogP contribution in [0.3, 0.4) is 0 Å². The van der Waals surface area contributed by atoms with Gasteiger partial charge in [0.05, 0.1) is 0 Å². The number of carbonyl (C=O) groups is 1. The highest BCUT2D eigenvalue weighted by molar-refractivity contribution is 14.0. The van der Waals surface area contributed by atoms with E-state index >= 15 is 0 Å². The van der Waals surface area contributed by atoms with Crippen LogP contribution in [-0.4, -0.2) is 25.5 Å². The Labute approximate surface area is 183 Å². The van der Waals surface area contributed by atoms with Crippen molar-refractivity contribution in [1.29, 1.82) is 0 Å². The van der Waals surface area contributed by atoms with Crippen LogP contribution in [0, 0.1) is 5.82 Å². The van der Waals surface area contributed by atoms with Crippen molar-refractivity contribution in [3.63, 3.8) is 0 Å². The van der Waals surface area contributed by atoms with Crippen molar-refractivity contribution >= 4 is 41.5 Å². The first-order valence-electron chi connectivity index (χ1n) is 9.19. The highest BCUT2D eigenvalue weighted by Crippen LogP contribution is 2.11. The van der Waals surface area contributed by atoms with Crippen LogP contribution >= 0.6 is 24.0 Å². The van der Waals surface area contributed by atoms with Gasteiger partial charge in [-0.25, -0.2) is 4.39 Å². The fourth-order valence-electron chi connectivity index (χ4n) is 2.63. The van der Waals surface area contributed by atoms with E-state index in [1.54, 1.807) is 19.2 Å². The van der Waals surface area contributed by atoms with E-state index in [-0.39, 0.29) is 35.7 Å². The summed E-state index contributed by atoms with van der Waals surface area (Å²) >= 11 is 0. The number of amides is 1. The predicted molar refractivity (Wildman–Crippen MR) is 124 cm³/mol. The van der Waals surface area contributed by atoms with Crippen molar-refractivity contribution in [2.24, 2.45) is 4.99 Å². The summed E-state index contributed by atoms with van der Waals surface area (Å²) in [6, 6.07) is 14.5. The van der Waals surface area contributed by atoms with E-state index in [9.17, 15) is 9.18 Å². The van der Waals surface area contributed by atoms with Gasteiger partial charge in [0.2, 0.25) is 5.91 Å². The SMILES string of the molecule is CCCC(=O)Nc1cccc(CNC(=NC)NCCc2ccccc2F)c1.I. The quantitative estimate of drug-likeness (QED) is 0.292. The van der Waals surface area contributed by atoms with Crippen LogP contribution in [-0.2, 0) is 17.8 Å². The van der Waals surface area contributed by atoms with Crippen molar-refractivity contribution in [2.45, 2.75) is 32.7 Å². The lowest BCUT2D eigenvalue weighted by Crippen LogP contribution is -2.37. The Morgan fingerprint density at radius 3 is 2.61 bits per heavy atom. The van der Waals surface area contributed by atoms with Crippen LogP contribution < -0.4 is 16.0 Å². The van der Waals surface area contributed by atoms with Gasteiger partial charge in [-0.2, -0.15) is 0 Å². The van der Waals surface area contributed by atoms with Gasteiger partial charge in [0, 0.05) is 32.2 Å². The molecule has 28 heavy (non-hydrogen) atoms. The molecule has 0 aliphatic carbocycles. The molecule has 0 aliphatic heterocycles. The molecule has 1 amide bonds. The number of rotatable bonds is 8. The molecule has 0 bridgehead atoms. The van der Waals surface area contributed by atoms with Crippen molar-refractivity contribution in [1.82, 2.24) is 10.6 Å². The molecule has 0 saturated carbocycles. The summed E-state index contributed by atoms with van der Waals surface area (Å²) in [5, 5.41) is 9.30. The summed E-state index contributed by atoms with van der Waals surface area (Å²) in [5.74, 6) is 0.476. The van der Waals surface area contributed by atoms with Crippen LogP contribution in [0.15, 0.2) is 53.5 Å². The summed E-state index contributed by atoms with van der Waals surface area (Å²) < 4.78 is 13.6. The third-order valence-corrected chi connectivity index (χ3v) is 4.02. The zero-order chi connectivity index (χ0) is 19.5. The van der Waals surface area contributed by atoms with Crippen molar-refractivity contribution in [3.05, 3.63) is 65.5 Å². The van der Waals surface area contributed by atoms with E-state index in [1.165, 1.54) is 6.07 Å². The van der Waals surface area contributed by atoms with Gasteiger partial charge in [-0.3, -0.25) is 9.79 Å². The second-order valence-corrected chi connectivity index (χ2v) is 6.19. The molecule has 5 nitrogen and oxygen atoms in total. The van der Waals surface area contributed by atoms with Crippen LogP contribution in [0.4, 0.5) is 10.1 Å². The molecule has 0 saturated heterocycles. The van der Waals surface area contributed by atoms with Crippen LogP contribution in [0.5, 0.6) is 0 Å². The number of nitrogens with zero attached hydrogens (tertiary/aromatic N) is 1. The van der Waals surface area contributed by atoms with Gasteiger partial charge in [-0.05, 0) is 42.2 Å². The monoisotopic (exact) mass is 498 g/mol. The molecule has 0 aliphatic rings. The first-order chi connectivity index (χ1) is 13.1. The number of carbonyl (C=O) groups excluding carboxylic acids is 1. The second kappa shape index (κ2) is 13.1. The summed E-state index contributed by atoms with van der Waals surface area (Å²) in [6.07, 6.45) is 1.91. The van der Waals surface area contributed by atoms with Gasteiger partial charge in [-0.1, -0.05) is 37.3 Å². The average Bonchev–Trinajstić information content (AvgIpc) is 2.66. The summed E-state index contributed by atoms with van der Waals surface area (Å²) in [7, 11) is 1.69. The Balaban J connectivity index is 0.00000392. The number of hydrogen-bond acceptors (Lipinski definition) is 2. The van der Waals surface area contributed by atoms with E-state index in [0.717, 1.165) is 17.7 Å². The number of hydrogen-bond donors (Lipinski definition) is 3. The van der Waals surface area contributed by atoms with Crippen molar-refractivity contribution < 1.29 is 9.18 Å². The Kier molecular flexibility index (Phi) is 11.2. The maximum atomic E-state index is 13.6.